The van der Waals surface area contributed by atoms with Crippen LogP contribution in [0.1, 0.15) is 18.1 Å². The van der Waals surface area contributed by atoms with Crippen LogP contribution in [0.3, 0.4) is 0 Å². The summed E-state index contributed by atoms with van der Waals surface area (Å²) >= 11 is 1.71. The van der Waals surface area contributed by atoms with E-state index in [0.29, 0.717) is 0 Å². The van der Waals surface area contributed by atoms with E-state index in [1.807, 2.05) is 6.92 Å². The summed E-state index contributed by atoms with van der Waals surface area (Å²) in [6, 6.07) is 6.37. The monoisotopic (exact) mass is 238 g/mol. The molecular formula is C13H18O2S. The first-order chi connectivity index (χ1) is 7.54. The molecule has 1 atom stereocenters. The van der Waals surface area contributed by atoms with Gasteiger partial charge in [-0.2, -0.15) is 0 Å². The second-order valence-electron chi connectivity index (χ2n) is 4.00. The highest BCUT2D eigenvalue weighted by molar-refractivity contribution is 7.99. The van der Waals surface area contributed by atoms with Crippen LogP contribution < -0.4 is 0 Å². The van der Waals surface area contributed by atoms with Crippen LogP contribution in [-0.4, -0.2) is 18.8 Å². The van der Waals surface area contributed by atoms with Crippen LogP contribution in [0.4, 0.5) is 0 Å². The van der Waals surface area contributed by atoms with Crippen LogP contribution in [0.2, 0.25) is 0 Å². The van der Waals surface area contributed by atoms with E-state index >= 15 is 0 Å². The number of carbonyl (C=O) groups is 1. The smallest absolute Gasteiger partial charge is 0.309 e. The number of hydrogen-bond donors (Lipinski definition) is 0. The second-order valence-corrected chi connectivity index (χ2v) is 5.07. The van der Waals surface area contributed by atoms with Crippen molar-refractivity contribution < 1.29 is 9.53 Å². The summed E-state index contributed by atoms with van der Waals surface area (Å²) in [5.74, 6) is 0.560. The van der Waals surface area contributed by atoms with Crippen LogP contribution in [0, 0.1) is 19.8 Å². The Morgan fingerprint density at radius 1 is 1.44 bits per heavy atom. The number of aryl methyl sites for hydroxylation is 2. The van der Waals surface area contributed by atoms with Gasteiger partial charge in [-0.1, -0.05) is 24.6 Å². The van der Waals surface area contributed by atoms with Crippen molar-refractivity contribution in [3.05, 3.63) is 29.3 Å². The van der Waals surface area contributed by atoms with Crippen molar-refractivity contribution in [1.29, 1.82) is 0 Å². The normalized spacial score (nSPS) is 12.2. The highest BCUT2D eigenvalue weighted by atomic mass is 32.2. The zero-order chi connectivity index (χ0) is 12.1. The van der Waals surface area contributed by atoms with E-state index < -0.39 is 0 Å². The number of ether oxygens (including phenoxy) is 1. The molecule has 1 unspecified atom stereocenters. The summed E-state index contributed by atoms with van der Waals surface area (Å²) in [5, 5.41) is 0. The van der Waals surface area contributed by atoms with Crippen molar-refractivity contribution >= 4 is 17.7 Å². The fourth-order valence-corrected chi connectivity index (χ4v) is 2.48. The van der Waals surface area contributed by atoms with Crippen molar-refractivity contribution in [3.63, 3.8) is 0 Å². The average Bonchev–Trinajstić information content (AvgIpc) is 2.28. The Kier molecular flexibility index (Phi) is 4.87. The predicted molar refractivity (Wildman–Crippen MR) is 67.8 cm³/mol. The molecule has 0 heterocycles. The zero-order valence-electron chi connectivity index (χ0n) is 10.2. The van der Waals surface area contributed by atoms with E-state index in [2.05, 4.69) is 32.0 Å². The first kappa shape index (κ1) is 13.1. The lowest BCUT2D eigenvalue weighted by Crippen LogP contribution is -2.14. The fourth-order valence-electron chi connectivity index (χ4n) is 1.35. The van der Waals surface area contributed by atoms with Gasteiger partial charge in [-0.05, 0) is 25.5 Å². The van der Waals surface area contributed by atoms with E-state index in [1.54, 1.807) is 11.8 Å². The first-order valence-corrected chi connectivity index (χ1v) is 6.31. The molecule has 16 heavy (non-hydrogen) atoms. The molecule has 0 saturated carbocycles. The third-order valence-electron chi connectivity index (χ3n) is 2.44. The maximum Gasteiger partial charge on any atom is 0.309 e. The Balaban J connectivity index is 2.60. The van der Waals surface area contributed by atoms with E-state index in [9.17, 15) is 4.79 Å². The van der Waals surface area contributed by atoms with Crippen LogP contribution in [0.15, 0.2) is 23.1 Å². The predicted octanol–water partition coefficient (Wildman–Crippen LogP) is 3.20. The highest BCUT2D eigenvalue weighted by Gasteiger charge is 2.13. The molecule has 0 spiro atoms. The van der Waals surface area contributed by atoms with Gasteiger partial charge in [0.1, 0.15) is 0 Å². The highest BCUT2D eigenvalue weighted by Crippen LogP contribution is 2.25. The Labute approximate surface area is 101 Å². The number of rotatable bonds is 4. The van der Waals surface area contributed by atoms with Crippen molar-refractivity contribution in [2.45, 2.75) is 25.7 Å². The number of thioether (sulfide) groups is 1. The van der Waals surface area contributed by atoms with Gasteiger partial charge >= 0.3 is 5.97 Å². The topological polar surface area (TPSA) is 26.3 Å². The Morgan fingerprint density at radius 2 is 2.12 bits per heavy atom. The van der Waals surface area contributed by atoms with Crippen molar-refractivity contribution in [3.8, 4) is 0 Å². The summed E-state index contributed by atoms with van der Waals surface area (Å²) < 4.78 is 4.70. The Hall–Kier alpha value is -0.960. The summed E-state index contributed by atoms with van der Waals surface area (Å²) in [6.45, 7) is 6.06. The lowest BCUT2D eigenvalue weighted by atomic mass is 10.2. The fraction of sp³-hybridized carbons (Fsp3) is 0.462. The quantitative estimate of drug-likeness (QED) is 0.595. The van der Waals surface area contributed by atoms with Gasteiger partial charge in [0.05, 0.1) is 13.0 Å². The van der Waals surface area contributed by atoms with Gasteiger partial charge in [0.25, 0.3) is 0 Å². The summed E-state index contributed by atoms with van der Waals surface area (Å²) in [4.78, 5) is 12.5. The third-order valence-corrected chi connectivity index (χ3v) is 3.85. The van der Waals surface area contributed by atoms with Gasteiger partial charge in [0.2, 0.25) is 0 Å². The van der Waals surface area contributed by atoms with Gasteiger partial charge in [0.15, 0.2) is 0 Å². The molecule has 0 aliphatic carbocycles. The molecular weight excluding hydrogens is 220 g/mol. The minimum atomic E-state index is -0.141. The minimum absolute atomic E-state index is 0.0603. The molecule has 3 heteroatoms. The molecule has 88 valence electrons. The van der Waals surface area contributed by atoms with Crippen molar-refractivity contribution in [1.82, 2.24) is 0 Å². The van der Waals surface area contributed by atoms with Crippen LogP contribution in [-0.2, 0) is 9.53 Å². The summed E-state index contributed by atoms with van der Waals surface area (Å²) in [6.07, 6.45) is 0. The minimum Gasteiger partial charge on any atom is -0.469 e. The molecule has 0 bridgehead atoms. The van der Waals surface area contributed by atoms with Crippen molar-refractivity contribution in [2.24, 2.45) is 5.92 Å². The molecule has 0 N–H and O–H groups in total. The molecule has 1 rings (SSSR count). The van der Waals surface area contributed by atoms with Crippen LogP contribution in [0.25, 0.3) is 0 Å². The van der Waals surface area contributed by atoms with E-state index in [-0.39, 0.29) is 11.9 Å². The van der Waals surface area contributed by atoms with Crippen molar-refractivity contribution in [2.75, 3.05) is 12.9 Å². The zero-order valence-corrected chi connectivity index (χ0v) is 11.1. The number of hydrogen-bond acceptors (Lipinski definition) is 3. The lowest BCUT2D eigenvalue weighted by molar-refractivity contribution is -0.143. The van der Waals surface area contributed by atoms with Gasteiger partial charge in [-0.25, -0.2) is 0 Å². The lowest BCUT2D eigenvalue weighted by Gasteiger charge is -2.10. The maximum absolute atomic E-state index is 11.2. The SMILES string of the molecule is COC(=O)C(C)CSc1cc(C)ccc1C. The molecule has 1 aromatic carbocycles. The molecule has 0 aliphatic heterocycles. The second kappa shape index (κ2) is 5.94. The molecule has 0 aliphatic rings. The number of carbonyl (C=O) groups excluding carboxylic acids is 1. The largest absolute Gasteiger partial charge is 0.469 e. The molecule has 0 radical (unpaired) electrons. The molecule has 0 aromatic heterocycles. The maximum atomic E-state index is 11.2. The van der Waals surface area contributed by atoms with Gasteiger partial charge in [-0.3, -0.25) is 4.79 Å². The molecule has 1 aromatic rings. The van der Waals surface area contributed by atoms with E-state index in [1.165, 1.54) is 23.1 Å². The standard InChI is InChI=1S/C13H18O2S/c1-9-5-6-10(2)12(7-9)16-8-11(3)13(14)15-4/h5-7,11H,8H2,1-4H3. The third kappa shape index (κ3) is 3.56. The molecule has 0 amide bonds. The first-order valence-electron chi connectivity index (χ1n) is 5.32. The van der Waals surface area contributed by atoms with Gasteiger partial charge < -0.3 is 4.74 Å². The van der Waals surface area contributed by atoms with E-state index in [0.717, 1.165) is 5.75 Å². The summed E-state index contributed by atoms with van der Waals surface area (Å²) in [7, 11) is 1.43. The van der Waals surface area contributed by atoms with Crippen LogP contribution in [0.5, 0.6) is 0 Å². The Bertz CT molecular complexity index is 374. The Morgan fingerprint density at radius 3 is 2.75 bits per heavy atom. The number of methoxy groups -OCH3 is 1. The van der Waals surface area contributed by atoms with Gasteiger partial charge in [0, 0.05) is 10.6 Å². The molecule has 0 fully saturated rings. The van der Waals surface area contributed by atoms with Crippen LogP contribution >= 0.6 is 11.8 Å². The molecule has 2 nitrogen and oxygen atoms in total. The number of benzene rings is 1. The van der Waals surface area contributed by atoms with E-state index in [4.69, 9.17) is 4.74 Å². The number of esters is 1. The van der Waals surface area contributed by atoms with Gasteiger partial charge in [-0.15, -0.1) is 11.8 Å². The average molecular weight is 238 g/mol. The summed E-state index contributed by atoms with van der Waals surface area (Å²) in [5.41, 5.74) is 2.51. The molecule has 0 saturated heterocycles.